The van der Waals surface area contributed by atoms with Crippen molar-refractivity contribution in [2.75, 3.05) is 33.0 Å². The Balaban J connectivity index is 1.42. The first kappa shape index (κ1) is 33.6. The Kier molecular flexibility index (Phi) is 10.4. The Labute approximate surface area is 242 Å². The topological polar surface area (TPSA) is 293 Å². The Bertz CT molecular complexity index is 1340. The fourth-order valence-corrected chi connectivity index (χ4v) is 7.76. The van der Waals surface area contributed by atoms with Crippen LogP contribution in [0.3, 0.4) is 0 Å². The van der Waals surface area contributed by atoms with Gasteiger partial charge in [0.15, 0.2) is 17.7 Å². The third-order valence-electron chi connectivity index (χ3n) is 6.69. The standard InChI is InChI=1S/C20H32N4O15P2S/c1-24(2)11-12(27)9(36-16(11)7-4-34-18-10(7)22-6-23-19(18)21)5-35-41(33,42)39-40(31,32)38-20-15(30)13(28)14(29)17(37-20)8(26)3-25/h4,6,8-9,11-17,20,25-30H,3,5H2,1-2H3,(H,31,32)(H,33,42)(H2,21,22,23)/t8-,9+,11+,12+,13?,14?,15?,16-,17?,20?,41?/m0/s1. The molecular weight excluding hydrogens is 630 g/mol. The fraction of sp³-hybridized carbons (Fsp3) is 0.700. The zero-order valence-corrected chi connectivity index (χ0v) is 24.6. The lowest BCUT2D eigenvalue weighted by Crippen LogP contribution is -2.61. The number of phosphoric ester groups is 1. The van der Waals surface area contributed by atoms with Crippen LogP contribution in [-0.2, 0) is 39.2 Å². The largest absolute Gasteiger partial charge is 0.481 e. The normalized spacial score (nSPS) is 35.7. The highest BCUT2D eigenvalue weighted by atomic mass is 32.5. The van der Waals surface area contributed by atoms with E-state index in [0.29, 0.717) is 11.1 Å². The zero-order valence-electron chi connectivity index (χ0n) is 22.0. The number of ether oxygens (including phenoxy) is 2. The predicted molar refractivity (Wildman–Crippen MR) is 142 cm³/mol. The number of phosphoric acid groups is 1. The number of rotatable bonds is 11. The van der Waals surface area contributed by atoms with Crippen molar-refractivity contribution in [1.29, 1.82) is 0 Å². The van der Waals surface area contributed by atoms with Crippen molar-refractivity contribution in [3.63, 3.8) is 0 Å². The Morgan fingerprint density at radius 1 is 1.12 bits per heavy atom. The molecule has 0 aliphatic carbocycles. The molecule has 0 spiro atoms. The molecule has 7 unspecified atom stereocenters. The number of fused-ring (bicyclic) bond motifs is 1. The van der Waals surface area contributed by atoms with Gasteiger partial charge in [-0.25, -0.2) is 18.8 Å². The number of likely N-dealkylation sites (N-methyl/N-ethyl adjacent to an activating group) is 1. The summed E-state index contributed by atoms with van der Waals surface area (Å²) in [5.74, 6) is 0.0942. The van der Waals surface area contributed by atoms with Gasteiger partial charge in [-0.05, 0) is 25.9 Å². The first-order valence-electron chi connectivity index (χ1n) is 12.2. The Morgan fingerprint density at radius 3 is 2.45 bits per heavy atom. The van der Waals surface area contributed by atoms with Gasteiger partial charge in [-0.2, -0.15) is 0 Å². The molecule has 22 heteroatoms. The maximum absolute atomic E-state index is 12.6. The Hall–Kier alpha value is -1.26. The van der Waals surface area contributed by atoms with Crippen LogP contribution in [0.25, 0.3) is 11.1 Å². The number of nitrogen functional groups attached to an aromatic ring is 1. The third kappa shape index (κ3) is 7.01. The molecular formula is C20H32N4O15P2S. The number of nitrogens with zero attached hydrogens (tertiary/aromatic N) is 3. The number of hydrogen-bond donors (Lipinski definition) is 9. The van der Waals surface area contributed by atoms with Crippen LogP contribution in [0.15, 0.2) is 17.0 Å². The van der Waals surface area contributed by atoms with Crippen molar-refractivity contribution in [1.82, 2.24) is 14.9 Å². The van der Waals surface area contributed by atoms with Gasteiger partial charge < -0.3 is 69.5 Å². The summed E-state index contributed by atoms with van der Waals surface area (Å²) in [5, 5.41) is 59.9. The summed E-state index contributed by atoms with van der Waals surface area (Å²) in [6.07, 6.45) is -12.4. The molecule has 2 saturated heterocycles. The smallest absolute Gasteiger partial charge is 0.458 e. The van der Waals surface area contributed by atoms with E-state index in [1.54, 1.807) is 19.0 Å². The average molecular weight is 663 g/mol. The van der Waals surface area contributed by atoms with Gasteiger partial charge in [-0.1, -0.05) is 0 Å². The van der Waals surface area contributed by atoms with E-state index in [-0.39, 0.29) is 11.4 Å². The fourth-order valence-electron chi connectivity index (χ4n) is 4.66. The van der Waals surface area contributed by atoms with Crippen LogP contribution in [0.2, 0.25) is 0 Å². The van der Waals surface area contributed by atoms with Crippen molar-refractivity contribution >= 4 is 43.3 Å². The minimum Gasteiger partial charge on any atom is -0.458 e. The predicted octanol–water partition coefficient (Wildman–Crippen LogP) is -2.94. The van der Waals surface area contributed by atoms with Gasteiger partial charge in [0.05, 0.1) is 25.5 Å². The highest BCUT2D eigenvalue weighted by Gasteiger charge is 2.51. The molecule has 42 heavy (non-hydrogen) atoms. The highest BCUT2D eigenvalue weighted by Crippen LogP contribution is 2.62. The monoisotopic (exact) mass is 662 g/mol. The van der Waals surface area contributed by atoms with Crippen LogP contribution >= 0.6 is 14.5 Å². The first-order chi connectivity index (χ1) is 19.6. The maximum Gasteiger partial charge on any atom is 0.481 e. The second-order valence-electron chi connectivity index (χ2n) is 9.78. The van der Waals surface area contributed by atoms with Gasteiger partial charge in [0.2, 0.25) is 0 Å². The second kappa shape index (κ2) is 13.0. The summed E-state index contributed by atoms with van der Waals surface area (Å²) in [5.41, 5.74) is 6.84. The number of anilines is 1. The number of hydrogen-bond acceptors (Lipinski definition) is 18. The van der Waals surface area contributed by atoms with E-state index in [9.17, 15) is 39.9 Å². The van der Waals surface area contributed by atoms with E-state index in [0.717, 1.165) is 0 Å². The van der Waals surface area contributed by atoms with Crippen LogP contribution in [0.1, 0.15) is 11.7 Å². The molecule has 0 aromatic carbocycles. The number of nitrogens with two attached hydrogens (primary N) is 1. The number of aliphatic hydroxyl groups is 6. The minimum atomic E-state index is -5.42. The molecule has 2 fully saturated rings. The number of furan rings is 1. The van der Waals surface area contributed by atoms with Gasteiger partial charge >= 0.3 is 14.5 Å². The number of aliphatic hydroxyl groups excluding tert-OH is 6. The molecule has 238 valence electrons. The van der Waals surface area contributed by atoms with E-state index >= 15 is 0 Å². The third-order valence-corrected chi connectivity index (χ3v) is 10.2. The summed E-state index contributed by atoms with van der Waals surface area (Å²) in [4.78, 5) is 30.3. The van der Waals surface area contributed by atoms with E-state index in [2.05, 4.69) is 18.8 Å². The van der Waals surface area contributed by atoms with Crippen molar-refractivity contribution in [2.45, 2.75) is 61.2 Å². The van der Waals surface area contributed by atoms with E-state index in [4.69, 9.17) is 41.1 Å². The Morgan fingerprint density at radius 2 is 1.81 bits per heavy atom. The van der Waals surface area contributed by atoms with Crippen LogP contribution < -0.4 is 5.73 Å². The zero-order chi connectivity index (χ0) is 31.1. The van der Waals surface area contributed by atoms with Crippen LogP contribution in [0.4, 0.5) is 5.82 Å². The van der Waals surface area contributed by atoms with Crippen molar-refractivity contribution in [2.24, 2.45) is 0 Å². The average Bonchev–Trinajstić information content (AvgIpc) is 3.48. The van der Waals surface area contributed by atoms with Crippen molar-refractivity contribution in [3.05, 3.63) is 18.2 Å². The quantitative estimate of drug-likeness (QED) is 0.109. The highest BCUT2D eigenvalue weighted by molar-refractivity contribution is 8.08. The molecule has 19 nitrogen and oxygen atoms in total. The maximum atomic E-state index is 12.6. The SMILES string of the molecule is CN(C)[C@@H]1[C@H](O)[C@@H](COP(O)(=S)OP(=O)(O)OC2OC([C@@H](O)CO)C(O)C(O)C2O)O[C@H]1c1coc2c(N)ncnc12. The summed E-state index contributed by atoms with van der Waals surface area (Å²) in [7, 11) is -2.06. The molecule has 2 aliphatic heterocycles. The van der Waals surface area contributed by atoms with Crippen LogP contribution in [-0.4, -0.2) is 138 Å². The molecule has 0 bridgehead atoms. The van der Waals surface area contributed by atoms with Gasteiger partial charge in [0, 0.05) is 5.56 Å². The summed E-state index contributed by atoms with van der Waals surface area (Å²) < 4.78 is 43.5. The molecule has 2 aromatic heterocycles. The van der Waals surface area contributed by atoms with E-state index < -0.39 is 88.9 Å². The molecule has 0 saturated carbocycles. The second-order valence-corrected chi connectivity index (χ2v) is 14.2. The molecule has 4 rings (SSSR count). The van der Waals surface area contributed by atoms with Gasteiger partial charge in [0.1, 0.15) is 60.7 Å². The minimum absolute atomic E-state index is 0.0942. The molecule has 4 heterocycles. The first-order valence-corrected chi connectivity index (χ1v) is 16.3. The molecule has 2 aromatic rings. The van der Waals surface area contributed by atoms with Gasteiger partial charge in [-0.3, -0.25) is 4.52 Å². The van der Waals surface area contributed by atoms with Crippen LogP contribution in [0.5, 0.6) is 0 Å². The molecule has 2 aliphatic rings. The lowest BCUT2D eigenvalue weighted by molar-refractivity contribution is -0.292. The molecule has 12 atom stereocenters. The molecule has 10 N–H and O–H groups in total. The van der Waals surface area contributed by atoms with Crippen molar-refractivity contribution in [3.8, 4) is 0 Å². The lowest BCUT2D eigenvalue weighted by Gasteiger charge is -2.41. The van der Waals surface area contributed by atoms with Crippen molar-refractivity contribution < 1.29 is 72.2 Å². The van der Waals surface area contributed by atoms with Gasteiger partial charge in [-0.15, -0.1) is 0 Å². The van der Waals surface area contributed by atoms with E-state index in [1.165, 1.54) is 12.6 Å². The van der Waals surface area contributed by atoms with E-state index in [1.807, 2.05) is 0 Å². The summed E-state index contributed by atoms with van der Waals surface area (Å²) in [6, 6.07) is -0.686. The molecule has 0 amide bonds. The lowest BCUT2D eigenvalue weighted by atomic mass is 9.96. The van der Waals surface area contributed by atoms with Gasteiger partial charge in [0.25, 0.3) is 0 Å². The summed E-state index contributed by atoms with van der Waals surface area (Å²) in [6.45, 7) is -6.18. The summed E-state index contributed by atoms with van der Waals surface area (Å²) >= 11 is 4.81. The molecule has 0 radical (unpaired) electrons. The van der Waals surface area contributed by atoms with Crippen LogP contribution in [0, 0.1) is 0 Å². The number of aromatic nitrogens is 2.